The molecule has 1 unspecified atom stereocenters. The van der Waals surface area contributed by atoms with Gasteiger partial charge in [-0.3, -0.25) is 0 Å². The quantitative estimate of drug-likeness (QED) is 0.587. The van der Waals surface area contributed by atoms with E-state index in [9.17, 15) is 0 Å². The molecule has 0 fully saturated rings. The second kappa shape index (κ2) is 5.69. The molecule has 0 rings (SSSR count). The second-order valence-electron chi connectivity index (χ2n) is 2.98. The molecule has 0 spiro atoms. The van der Waals surface area contributed by atoms with E-state index in [1.807, 2.05) is 6.92 Å². The van der Waals surface area contributed by atoms with Crippen LogP contribution in [0, 0.1) is 5.92 Å². The highest BCUT2D eigenvalue weighted by Gasteiger charge is 1.99. The van der Waals surface area contributed by atoms with Gasteiger partial charge in [0.15, 0.2) is 0 Å². The molecule has 62 valence electrons. The molecule has 0 N–H and O–H groups in total. The van der Waals surface area contributed by atoms with Gasteiger partial charge < -0.3 is 9.47 Å². The zero-order valence-corrected chi connectivity index (χ0v) is 7.39. The minimum absolute atomic E-state index is 0.221. The van der Waals surface area contributed by atoms with Crippen molar-refractivity contribution in [3.05, 3.63) is 0 Å². The molecule has 0 aromatic carbocycles. The zero-order valence-electron chi connectivity index (χ0n) is 7.39. The Morgan fingerprint density at radius 2 is 1.70 bits per heavy atom. The standard InChI is InChI=1S/C8H18O2/c1-7(2)5-10-6-8(3)9-4/h7-8H,5-6H2,1-4H3. The molecule has 0 aliphatic heterocycles. The summed E-state index contributed by atoms with van der Waals surface area (Å²) in [5.41, 5.74) is 0. The maximum Gasteiger partial charge on any atom is 0.0776 e. The van der Waals surface area contributed by atoms with Gasteiger partial charge >= 0.3 is 0 Å². The van der Waals surface area contributed by atoms with Gasteiger partial charge in [0.25, 0.3) is 0 Å². The van der Waals surface area contributed by atoms with E-state index in [-0.39, 0.29) is 6.10 Å². The first-order chi connectivity index (χ1) is 4.66. The average Bonchev–Trinajstić information content (AvgIpc) is 1.87. The van der Waals surface area contributed by atoms with Gasteiger partial charge in [0.05, 0.1) is 12.7 Å². The smallest absolute Gasteiger partial charge is 0.0776 e. The first-order valence-corrected chi connectivity index (χ1v) is 3.77. The highest BCUT2D eigenvalue weighted by atomic mass is 16.5. The summed E-state index contributed by atoms with van der Waals surface area (Å²) in [5, 5.41) is 0. The summed E-state index contributed by atoms with van der Waals surface area (Å²) in [6.07, 6.45) is 0.221. The van der Waals surface area contributed by atoms with Crippen molar-refractivity contribution in [1.29, 1.82) is 0 Å². The average molecular weight is 146 g/mol. The third-order valence-corrected chi connectivity index (χ3v) is 1.21. The van der Waals surface area contributed by atoms with E-state index in [1.165, 1.54) is 0 Å². The van der Waals surface area contributed by atoms with Crippen LogP contribution in [-0.2, 0) is 9.47 Å². The predicted octanol–water partition coefficient (Wildman–Crippen LogP) is 1.69. The molecule has 0 amide bonds. The lowest BCUT2D eigenvalue weighted by molar-refractivity contribution is 0.00995. The molecule has 0 heterocycles. The number of rotatable bonds is 5. The lowest BCUT2D eigenvalue weighted by atomic mass is 10.2. The summed E-state index contributed by atoms with van der Waals surface area (Å²) in [6.45, 7) is 7.80. The van der Waals surface area contributed by atoms with Crippen LogP contribution >= 0.6 is 0 Å². The first-order valence-electron chi connectivity index (χ1n) is 3.77. The van der Waals surface area contributed by atoms with Crippen LogP contribution in [0.5, 0.6) is 0 Å². The van der Waals surface area contributed by atoms with Gasteiger partial charge in [0, 0.05) is 13.7 Å². The molecule has 0 aromatic rings. The van der Waals surface area contributed by atoms with Crippen LogP contribution in [0.1, 0.15) is 20.8 Å². The van der Waals surface area contributed by atoms with Crippen molar-refractivity contribution in [3.8, 4) is 0 Å². The summed E-state index contributed by atoms with van der Waals surface area (Å²) in [7, 11) is 1.70. The van der Waals surface area contributed by atoms with E-state index in [0.29, 0.717) is 12.5 Å². The molecule has 1 atom stereocenters. The van der Waals surface area contributed by atoms with E-state index >= 15 is 0 Å². The van der Waals surface area contributed by atoms with E-state index in [1.54, 1.807) is 7.11 Å². The fourth-order valence-corrected chi connectivity index (χ4v) is 0.538. The summed E-state index contributed by atoms with van der Waals surface area (Å²) in [4.78, 5) is 0. The van der Waals surface area contributed by atoms with Crippen LogP contribution in [0.3, 0.4) is 0 Å². The van der Waals surface area contributed by atoms with Crippen molar-refractivity contribution in [2.45, 2.75) is 26.9 Å². The molecule has 0 saturated heterocycles. The van der Waals surface area contributed by atoms with Crippen LogP contribution in [-0.4, -0.2) is 26.4 Å². The Kier molecular flexibility index (Phi) is 5.64. The lowest BCUT2D eigenvalue weighted by Crippen LogP contribution is -2.15. The van der Waals surface area contributed by atoms with Gasteiger partial charge in [-0.2, -0.15) is 0 Å². The Morgan fingerprint density at radius 3 is 2.10 bits per heavy atom. The maximum absolute atomic E-state index is 5.32. The second-order valence-corrected chi connectivity index (χ2v) is 2.98. The fourth-order valence-electron chi connectivity index (χ4n) is 0.538. The van der Waals surface area contributed by atoms with Crippen molar-refractivity contribution in [1.82, 2.24) is 0 Å². The summed E-state index contributed by atoms with van der Waals surface area (Å²) >= 11 is 0. The molecule has 0 bridgehead atoms. The van der Waals surface area contributed by atoms with Gasteiger partial charge in [0.2, 0.25) is 0 Å². The number of ether oxygens (including phenoxy) is 2. The highest BCUT2D eigenvalue weighted by Crippen LogP contribution is 1.94. The molecule has 2 nitrogen and oxygen atoms in total. The first kappa shape index (κ1) is 9.92. The molecule has 0 radical (unpaired) electrons. The number of hydrogen-bond acceptors (Lipinski definition) is 2. The fraction of sp³-hybridized carbons (Fsp3) is 1.00. The zero-order chi connectivity index (χ0) is 7.98. The maximum atomic E-state index is 5.32. The molecule has 10 heavy (non-hydrogen) atoms. The van der Waals surface area contributed by atoms with Gasteiger partial charge in [-0.25, -0.2) is 0 Å². The van der Waals surface area contributed by atoms with Crippen LogP contribution in [0.15, 0.2) is 0 Å². The normalized spacial score (nSPS) is 14.1. The predicted molar refractivity (Wildman–Crippen MR) is 42.1 cm³/mol. The van der Waals surface area contributed by atoms with Crippen LogP contribution in [0.2, 0.25) is 0 Å². The molecule has 2 heteroatoms. The third kappa shape index (κ3) is 6.05. The molecule has 0 saturated carbocycles. The largest absolute Gasteiger partial charge is 0.379 e. The van der Waals surface area contributed by atoms with Crippen molar-refractivity contribution < 1.29 is 9.47 Å². The van der Waals surface area contributed by atoms with Crippen molar-refractivity contribution >= 4 is 0 Å². The van der Waals surface area contributed by atoms with E-state index in [0.717, 1.165) is 6.61 Å². The molecular weight excluding hydrogens is 128 g/mol. The van der Waals surface area contributed by atoms with Gasteiger partial charge in [-0.05, 0) is 12.8 Å². The van der Waals surface area contributed by atoms with E-state index < -0.39 is 0 Å². The van der Waals surface area contributed by atoms with Gasteiger partial charge in [-0.1, -0.05) is 13.8 Å². The highest BCUT2D eigenvalue weighted by molar-refractivity contribution is 4.46. The van der Waals surface area contributed by atoms with Crippen LogP contribution < -0.4 is 0 Å². The molecule has 0 aliphatic rings. The SMILES string of the molecule is COC(C)COCC(C)C. The Balaban J connectivity index is 3.03. The minimum atomic E-state index is 0.221. The number of hydrogen-bond donors (Lipinski definition) is 0. The Hall–Kier alpha value is -0.0800. The summed E-state index contributed by atoms with van der Waals surface area (Å²) in [5.74, 6) is 0.615. The Labute approximate surface area is 63.5 Å². The number of methoxy groups -OCH3 is 1. The summed E-state index contributed by atoms with van der Waals surface area (Å²) in [6, 6.07) is 0. The van der Waals surface area contributed by atoms with Crippen molar-refractivity contribution in [3.63, 3.8) is 0 Å². The molecular formula is C8H18O2. The lowest BCUT2D eigenvalue weighted by Gasteiger charge is -2.11. The van der Waals surface area contributed by atoms with Crippen LogP contribution in [0.25, 0.3) is 0 Å². The van der Waals surface area contributed by atoms with E-state index in [4.69, 9.17) is 9.47 Å². The molecule has 0 aliphatic carbocycles. The third-order valence-electron chi connectivity index (χ3n) is 1.21. The van der Waals surface area contributed by atoms with Crippen LogP contribution in [0.4, 0.5) is 0 Å². The van der Waals surface area contributed by atoms with E-state index in [2.05, 4.69) is 13.8 Å². The van der Waals surface area contributed by atoms with Gasteiger partial charge in [0.1, 0.15) is 0 Å². The topological polar surface area (TPSA) is 18.5 Å². The Morgan fingerprint density at radius 1 is 1.10 bits per heavy atom. The van der Waals surface area contributed by atoms with Crippen molar-refractivity contribution in [2.75, 3.05) is 20.3 Å². The minimum Gasteiger partial charge on any atom is -0.379 e. The summed E-state index contributed by atoms with van der Waals surface area (Å²) < 4.78 is 10.3. The monoisotopic (exact) mass is 146 g/mol. The van der Waals surface area contributed by atoms with Crippen molar-refractivity contribution in [2.24, 2.45) is 5.92 Å². The van der Waals surface area contributed by atoms with Gasteiger partial charge in [-0.15, -0.1) is 0 Å². The Bertz CT molecular complexity index is 71.7. The molecule has 0 aromatic heterocycles.